The fourth-order valence-corrected chi connectivity index (χ4v) is 2.73. The van der Waals surface area contributed by atoms with Gasteiger partial charge in [-0.2, -0.15) is 13.2 Å². The molecule has 0 aliphatic heterocycles. The Bertz CT molecular complexity index is 791. The lowest BCUT2D eigenvalue weighted by Crippen LogP contribution is -2.20. The smallest absolute Gasteiger partial charge is 0.422 e. The number of thiophene rings is 1. The zero-order chi connectivity index (χ0) is 18.6. The van der Waals surface area contributed by atoms with Crippen molar-refractivity contribution in [3.8, 4) is 5.75 Å². The molecule has 2 rings (SSSR count). The number of benzene rings is 1. The second kappa shape index (κ2) is 7.75. The van der Waals surface area contributed by atoms with Crippen LogP contribution in [0.5, 0.6) is 5.75 Å². The summed E-state index contributed by atoms with van der Waals surface area (Å²) in [6.45, 7) is -1.51. The van der Waals surface area contributed by atoms with E-state index in [0.717, 1.165) is 11.3 Å². The summed E-state index contributed by atoms with van der Waals surface area (Å²) in [5.74, 6) is -1.40. The molecule has 0 atom stereocenters. The molecule has 2 aromatic rings. The van der Waals surface area contributed by atoms with Gasteiger partial charge in [0.15, 0.2) is 6.61 Å². The summed E-state index contributed by atoms with van der Waals surface area (Å²) >= 11 is 6.69. The first-order valence-electron chi connectivity index (χ1n) is 6.68. The van der Waals surface area contributed by atoms with E-state index in [2.05, 4.69) is 14.8 Å². The quantitative estimate of drug-likeness (QED) is 0.765. The van der Waals surface area contributed by atoms with Gasteiger partial charge in [0, 0.05) is 5.02 Å². The maximum absolute atomic E-state index is 12.3. The highest BCUT2D eigenvalue weighted by molar-refractivity contribution is 7.16. The van der Waals surface area contributed by atoms with Gasteiger partial charge in [-0.25, -0.2) is 4.79 Å². The van der Waals surface area contributed by atoms with Gasteiger partial charge in [0.05, 0.1) is 17.7 Å². The molecule has 0 radical (unpaired) electrons. The van der Waals surface area contributed by atoms with Crippen LogP contribution in [0.1, 0.15) is 19.3 Å². The number of alkyl halides is 3. The van der Waals surface area contributed by atoms with Crippen LogP contribution < -0.4 is 10.1 Å². The van der Waals surface area contributed by atoms with Crippen LogP contribution in [0.25, 0.3) is 0 Å². The Morgan fingerprint density at radius 2 is 1.88 bits per heavy atom. The zero-order valence-electron chi connectivity index (χ0n) is 12.6. The van der Waals surface area contributed by atoms with E-state index in [1.54, 1.807) is 0 Å². The molecule has 0 saturated carbocycles. The molecule has 1 aromatic carbocycles. The molecule has 0 aliphatic carbocycles. The first-order valence-corrected chi connectivity index (χ1v) is 7.87. The normalized spacial score (nSPS) is 11.1. The molecular weight excluding hydrogens is 383 g/mol. The van der Waals surface area contributed by atoms with E-state index < -0.39 is 24.7 Å². The number of carbonyl (C=O) groups is 2. The molecule has 5 nitrogen and oxygen atoms in total. The number of rotatable bonds is 5. The van der Waals surface area contributed by atoms with Crippen LogP contribution in [0.3, 0.4) is 0 Å². The number of nitrogens with one attached hydrogen (secondary N) is 1. The van der Waals surface area contributed by atoms with Gasteiger partial charge in [-0.1, -0.05) is 11.6 Å². The van der Waals surface area contributed by atoms with Gasteiger partial charge < -0.3 is 14.8 Å². The Labute approximate surface area is 149 Å². The highest BCUT2D eigenvalue weighted by atomic mass is 35.5. The van der Waals surface area contributed by atoms with E-state index in [1.807, 2.05) is 0 Å². The molecule has 1 heterocycles. The second-order valence-electron chi connectivity index (χ2n) is 4.65. The van der Waals surface area contributed by atoms with Crippen molar-refractivity contribution in [1.82, 2.24) is 0 Å². The SMILES string of the molecule is COC(=O)c1ccc(C(=O)Nc2cc(Cl)ccc2OCC(F)(F)F)s1. The van der Waals surface area contributed by atoms with Crippen LogP contribution >= 0.6 is 22.9 Å². The third kappa shape index (κ3) is 5.36. The van der Waals surface area contributed by atoms with Crippen molar-refractivity contribution < 1.29 is 32.2 Å². The van der Waals surface area contributed by atoms with Gasteiger partial charge in [0.2, 0.25) is 0 Å². The Kier molecular flexibility index (Phi) is 5.91. The molecule has 0 saturated heterocycles. The molecular formula is C15H11ClF3NO4S. The number of amides is 1. The minimum Gasteiger partial charge on any atom is -0.482 e. The van der Waals surface area contributed by atoms with Crippen LogP contribution in [-0.4, -0.2) is 31.8 Å². The number of anilines is 1. The average Bonchev–Trinajstić information content (AvgIpc) is 3.02. The maximum Gasteiger partial charge on any atom is 0.422 e. The third-order valence-corrected chi connectivity index (χ3v) is 4.10. The van der Waals surface area contributed by atoms with Crippen molar-refractivity contribution in [2.45, 2.75) is 6.18 Å². The lowest BCUT2D eigenvalue weighted by Gasteiger charge is -2.14. The molecule has 0 fully saturated rings. The van der Waals surface area contributed by atoms with E-state index in [-0.39, 0.29) is 26.2 Å². The predicted molar refractivity (Wildman–Crippen MR) is 86.6 cm³/mol. The minimum atomic E-state index is -4.52. The molecule has 1 amide bonds. The standard InChI is InChI=1S/C15H11ClF3NO4S/c1-23-14(22)12-5-4-11(25-12)13(21)20-9-6-8(16)2-3-10(9)24-7-15(17,18)19/h2-6H,7H2,1H3,(H,20,21). The minimum absolute atomic E-state index is 0.0187. The Balaban J connectivity index is 2.18. The van der Waals surface area contributed by atoms with Gasteiger partial charge in [0.1, 0.15) is 10.6 Å². The van der Waals surface area contributed by atoms with Gasteiger partial charge >= 0.3 is 12.1 Å². The van der Waals surface area contributed by atoms with Crippen LogP contribution in [-0.2, 0) is 4.74 Å². The van der Waals surface area contributed by atoms with E-state index in [9.17, 15) is 22.8 Å². The van der Waals surface area contributed by atoms with Crippen molar-refractivity contribution in [2.75, 3.05) is 19.0 Å². The van der Waals surface area contributed by atoms with Crippen LogP contribution in [0, 0.1) is 0 Å². The summed E-state index contributed by atoms with van der Waals surface area (Å²) in [5, 5.41) is 2.62. The van der Waals surface area contributed by atoms with Gasteiger partial charge in [0.25, 0.3) is 5.91 Å². The summed E-state index contributed by atoms with van der Waals surface area (Å²) in [5.41, 5.74) is -0.0187. The van der Waals surface area contributed by atoms with E-state index >= 15 is 0 Å². The Hall–Kier alpha value is -2.26. The van der Waals surface area contributed by atoms with Crippen molar-refractivity contribution >= 4 is 40.5 Å². The summed E-state index contributed by atoms with van der Waals surface area (Å²) < 4.78 is 46.2. The first-order chi connectivity index (χ1) is 11.7. The Morgan fingerprint density at radius 1 is 1.20 bits per heavy atom. The molecule has 0 aliphatic rings. The highest BCUT2D eigenvalue weighted by Crippen LogP contribution is 2.30. The van der Waals surface area contributed by atoms with Crippen LogP contribution in [0.15, 0.2) is 30.3 Å². The molecule has 1 aromatic heterocycles. The lowest BCUT2D eigenvalue weighted by molar-refractivity contribution is -0.153. The summed E-state index contributed by atoms with van der Waals surface area (Å²) in [6, 6.07) is 6.62. The van der Waals surface area contributed by atoms with Gasteiger partial charge in [-0.3, -0.25) is 4.79 Å². The van der Waals surface area contributed by atoms with Crippen LogP contribution in [0.4, 0.5) is 18.9 Å². The molecule has 0 bridgehead atoms. The van der Waals surface area contributed by atoms with Gasteiger partial charge in [-0.15, -0.1) is 11.3 Å². The van der Waals surface area contributed by atoms with Crippen molar-refractivity contribution in [2.24, 2.45) is 0 Å². The fourth-order valence-electron chi connectivity index (χ4n) is 1.74. The largest absolute Gasteiger partial charge is 0.482 e. The third-order valence-electron chi connectivity index (χ3n) is 2.80. The Morgan fingerprint density at radius 3 is 2.52 bits per heavy atom. The number of halogens is 4. The van der Waals surface area contributed by atoms with E-state index in [0.29, 0.717) is 0 Å². The second-order valence-corrected chi connectivity index (χ2v) is 6.17. The van der Waals surface area contributed by atoms with Crippen molar-refractivity contribution in [3.63, 3.8) is 0 Å². The molecule has 10 heteroatoms. The number of esters is 1. The maximum atomic E-state index is 12.3. The molecule has 0 unspecified atom stereocenters. The van der Waals surface area contributed by atoms with Crippen molar-refractivity contribution in [1.29, 1.82) is 0 Å². The molecule has 0 spiro atoms. The molecule has 1 N–H and O–H groups in total. The predicted octanol–water partition coefficient (Wildman–Crippen LogP) is 4.38. The number of ether oxygens (including phenoxy) is 2. The first kappa shape index (κ1) is 19.1. The fraction of sp³-hybridized carbons (Fsp3) is 0.200. The van der Waals surface area contributed by atoms with E-state index in [4.69, 9.17) is 11.6 Å². The zero-order valence-corrected chi connectivity index (χ0v) is 14.2. The average molecular weight is 394 g/mol. The van der Waals surface area contributed by atoms with E-state index in [1.165, 1.54) is 37.4 Å². The van der Waals surface area contributed by atoms with Gasteiger partial charge in [-0.05, 0) is 30.3 Å². The highest BCUT2D eigenvalue weighted by Gasteiger charge is 2.29. The van der Waals surface area contributed by atoms with Crippen LogP contribution in [0.2, 0.25) is 5.02 Å². The summed E-state index contributed by atoms with van der Waals surface area (Å²) in [6.07, 6.45) is -4.52. The monoisotopic (exact) mass is 393 g/mol. The topological polar surface area (TPSA) is 64.6 Å². The number of methoxy groups -OCH3 is 1. The number of carbonyl (C=O) groups excluding carboxylic acids is 2. The summed E-state index contributed by atoms with van der Waals surface area (Å²) in [7, 11) is 1.21. The summed E-state index contributed by atoms with van der Waals surface area (Å²) in [4.78, 5) is 24.0. The number of hydrogen-bond acceptors (Lipinski definition) is 5. The number of hydrogen-bond donors (Lipinski definition) is 1. The molecule has 134 valence electrons. The lowest BCUT2D eigenvalue weighted by atomic mass is 10.3. The molecule has 25 heavy (non-hydrogen) atoms. The van der Waals surface area contributed by atoms with Crippen molar-refractivity contribution in [3.05, 3.63) is 45.1 Å².